The van der Waals surface area contributed by atoms with Gasteiger partial charge in [-0.3, -0.25) is 9.59 Å². The highest BCUT2D eigenvalue weighted by molar-refractivity contribution is 5.84. The van der Waals surface area contributed by atoms with Crippen molar-refractivity contribution in [3.63, 3.8) is 0 Å². The molecule has 0 heterocycles. The summed E-state index contributed by atoms with van der Waals surface area (Å²) >= 11 is 0. The molecule has 126 valence electrons. The molecule has 1 amide bonds. The summed E-state index contributed by atoms with van der Waals surface area (Å²) in [6.07, 6.45) is 11.6. The van der Waals surface area contributed by atoms with E-state index >= 15 is 0 Å². The molecule has 0 saturated heterocycles. The van der Waals surface area contributed by atoms with Gasteiger partial charge in [0.2, 0.25) is 6.41 Å². The Labute approximate surface area is 132 Å². The molecular formula is C16H27NO5. The lowest BCUT2D eigenvalue weighted by molar-refractivity contribution is -0.150. The maximum absolute atomic E-state index is 10.9. The fourth-order valence-corrected chi connectivity index (χ4v) is 2.03. The standard InChI is InChI=1S/C9H16.C7H11NO5/c1-9-7-5-3-2-4-6-8-9;1-12-6(10)3-5(8-4-9)7(11)13-2/h2-3,9H,4-8H2,1H3;4-5H,3H2,1-2H3,(H,8,9)/b3-2+;/t;5-/m.0/s1. The number of hydrogen-bond acceptors (Lipinski definition) is 5. The van der Waals surface area contributed by atoms with Crippen molar-refractivity contribution in [2.24, 2.45) is 5.92 Å². The molecule has 1 aliphatic rings. The normalized spacial score (nSPS) is 20.0. The first-order chi connectivity index (χ1) is 10.5. The Morgan fingerprint density at radius 2 is 1.91 bits per heavy atom. The molecule has 0 bridgehead atoms. The lowest BCUT2D eigenvalue weighted by Gasteiger charge is -2.11. The van der Waals surface area contributed by atoms with E-state index in [2.05, 4.69) is 33.9 Å². The van der Waals surface area contributed by atoms with Crippen LogP contribution in [0.15, 0.2) is 12.2 Å². The van der Waals surface area contributed by atoms with Gasteiger partial charge in [0.1, 0.15) is 6.04 Å². The van der Waals surface area contributed by atoms with Crippen LogP contribution in [0.5, 0.6) is 0 Å². The molecule has 0 aromatic rings. The predicted molar refractivity (Wildman–Crippen MR) is 83.0 cm³/mol. The van der Waals surface area contributed by atoms with Gasteiger partial charge in [0, 0.05) is 0 Å². The third-order valence-corrected chi connectivity index (χ3v) is 3.41. The fraction of sp³-hybridized carbons (Fsp3) is 0.688. The van der Waals surface area contributed by atoms with Crippen molar-refractivity contribution >= 4 is 18.3 Å². The minimum absolute atomic E-state index is 0.234. The van der Waals surface area contributed by atoms with Gasteiger partial charge in [-0.05, 0) is 31.6 Å². The highest BCUT2D eigenvalue weighted by Crippen LogP contribution is 2.17. The van der Waals surface area contributed by atoms with Gasteiger partial charge in [0.15, 0.2) is 0 Å². The van der Waals surface area contributed by atoms with Crippen molar-refractivity contribution in [2.45, 2.75) is 51.5 Å². The first-order valence-electron chi connectivity index (χ1n) is 7.54. The monoisotopic (exact) mass is 313 g/mol. The van der Waals surface area contributed by atoms with Crippen LogP contribution < -0.4 is 5.32 Å². The van der Waals surface area contributed by atoms with Gasteiger partial charge in [-0.1, -0.05) is 25.5 Å². The van der Waals surface area contributed by atoms with E-state index < -0.39 is 18.0 Å². The SMILES string of the molecule is CC1CC/C=C/CCC1.COC(=O)C[C@H](NC=O)C(=O)OC. The van der Waals surface area contributed by atoms with Crippen molar-refractivity contribution in [3.8, 4) is 0 Å². The zero-order valence-corrected chi connectivity index (χ0v) is 13.7. The zero-order valence-electron chi connectivity index (χ0n) is 13.7. The summed E-state index contributed by atoms with van der Waals surface area (Å²) in [5.74, 6) is -0.308. The topological polar surface area (TPSA) is 81.7 Å². The van der Waals surface area contributed by atoms with Crippen LogP contribution in [0.1, 0.15) is 45.4 Å². The van der Waals surface area contributed by atoms with Gasteiger partial charge >= 0.3 is 11.9 Å². The van der Waals surface area contributed by atoms with E-state index in [9.17, 15) is 14.4 Å². The second kappa shape index (κ2) is 12.9. The minimum Gasteiger partial charge on any atom is -0.469 e. The van der Waals surface area contributed by atoms with Gasteiger partial charge in [-0.2, -0.15) is 0 Å². The van der Waals surface area contributed by atoms with Crippen LogP contribution in [0, 0.1) is 5.92 Å². The first kappa shape index (κ1) is 20.1. The van der Waals surface area contributed by atoms with Crippen LogP contribution in [0.25, 0.3) is 0 Å². The van der Waals surface area contributed by atoms with Crippen molar-refractivity contribution in [1.82, 2.24) is 5.32 Å². The van der Waals surface area contributed by atoms with E-state index in [1.807, 2.05) is 0 Å². The lowest BCUT2D eigenvalue weighted by atomic mass is 9.96. The van der Waals surface area contributed by atoms with Crippen LogP contribution in [0.4, 0.5) is 0 Å². The highest BCUT2D eigenvalue weighted by atomic mass is 16.5. The maximum Gasteiger partial charge on any atom is 0.328 e. The second-order valence-electron chi connectivity index (χ2n) is 5.23. The van der Waals surface area contributed by atoms with Crippen LogP contribution in [-0.2, 0) is 23.9 Å². The summed E-state index contributed by atoms with van der Waals surface area (Å²) in [7, 11) is 2.36. The fourth-order valence-electron chi connectivity index (χ4n) is 2.03. The Kier molecular flexibility index (Phi) is 11.8. The molecule has 6 nitrogen and oxygen atoms in total. The molecule has 6 heteroatoms. The van der Waals surface area contributed by atoms with Crippen LogP contribution in [0.2, 0.25) is 0 Å². The van der Waals surface area contributed by atoms with Crippen molar-refractivity contribution in [3.05, 3.63) is 12.2 Å². The Morgan fingerprint density at radius 3 is 2.50 bits per heavy atom. The molecule has 0 aromatic heterocycles. The smallest absolute Gasteiger partial charge is 0.328 e. The van der Waals surface area contributed by atoms with E-state index in [1.54, 1.807) is 0 Å². The molecular weight excluding hydrogens is 286 g/mol. The van der Waals surface area contributed by atoms with Crippen LogP contribution in [0.3, 0.4) is 0 Å². The lowest BCUT2D eigenvalue weighted by Crippen LogP contribution is -2.38. The third kappa shape index (κ3) is 9.96. The summed E-state index contributed by atoms with van der Waals surface area (Å²) in [6.45, 7) is 2.36. The maximum atomic E-state index is 10.9. The van der Waals surface area contributed by atoms with Gasteiger partial charge < -0.3 is 14.8 Å². The minimum atomic E-state index is -0.977. The van der Waals surface area contributed by atoms with E-state index in [-0.39, 0.29) is 6.42 Å². The summed E-state index contributed by atoms with van der Waals surface area (Å²) in [6, 6.07) is -0.977. The van der Waals surface area contributed by atoms with Crippen molar-refractivity contribution < 1.29 is 23.9 Å². The van der Waals surface area contributed by atoms with E-state index in [4.69, 9.17) is 0 Å². The van der Waals surface area contributed by atoms with Crippen LogP contribution in [-0.4, -0.2) is 38.6 Å². The quantitative estimate of drug-likeness (QED) is 0.477. The summed E-state index contributed by atoms with van der Waals surface area (Å²) in [5.41, 5.74) is 0. The molecule has 1 N–H and O–H groups in total. The Hall–Kier alpha value is -1.85. The molecule has 1 unspecified atom stereocenters. The Bertz CT molecular complexity index is 368. The van der Waals surface area contributed by atoms with Gasteiger partial charge in [0.05, 0.1) is 20.6 Å². The Balaban J connectivity index is 0.000000425. The number of hydrogen-bond donors (Lipinski definition) is 1. The molecule has 2 atom stereocenters. The average Bonchev–Trinajstić information content (AvgIpc) is 2.50. The molecule has 22 heavy (non-hydrogen) atoms. The van der Waals surface area contributed by atoms with Gasteiger partial charge in [-0.15, -0.1) is 0 Å². The van der Waals surface area contributed by atoms with Crippen molar-refractivity contribution in [2.75, 3.05) is 14.2 Å². The predicted octanol–water partition coefficient (Wildman–Crippen LogP) is 1.98. The number of amides is 1. The highest BCUT2D eigenvalue weighted by Gasteiger charge is 2.21. The van der Waals surface area contributed by atoms with Gasteiger partial charge in [-0.25, -0.2) is 4.79 Å². The largest absolute Gasteiger partial charge is 0.469 e. The number of allylic oxidation sites excluding steroid dienone is 2. The molecule has 0 saturated carbocycles. The molecule has 0 spiro atoms. The second-order valence-corrected chi connectivity index (χ2v) is 5.23. The number of ether oxygens (including phenoxy) is 2. The molecule has 1 aliphatic carbocycles. The molecule has 0 radical (unpaired) electrons. The number of rotatable bonds is 5. The van der Waals surface area contributed by atoms with E-state index in [0.717, 1.165) is 5.92 Å². The third-order valence-electron chi connectivity index (χ3n) is 3.41. The van der Waals surface area contributed by atoms with Crippen molar-refractivity contribution in [1.29, 1.82) is 0 Å². The van der Waals surface area contributed by atoms with E-state index in [0.29, 0.717) is 6.41 Å². The number of carbonyl (C=O) groups excluding carboxylic acids is 3. The summed E-state index contributed by atoms with van der Waals surface area (Å²) < 4.78 is 8.66. The summed E-state index contributed by atoms with van der Waals surface area (Å²) in [4.78, 5) is 31.7. The number of esters is 2. The Morgan fingerprint density at radius 1 is 1.23 bits per heavy atom. The van der Waals surface area contributed by atoms with Gasteiger partial charge in [0.25, 0.3) is 0 Å². The summed E-state index contributed by atoms with van der Waals surface area (Å²) in [5, 5.41) is 2.14. The molecule has 0 aromatic carbocycles. The van der Waals surface area contributed by atoms with Crippen LogP contribution >= 0.6 is 0 Å². The first-order valence-corrected chi connectivity index (χ1v) is 7.54. The number of nitrogens with one attached hydrogen (secondary N) is 1. The average molecular weight is 313 g/mol. The molecule has 0 aliphatic heterocycles. The zero-order chi connectivity index (χ0) is 16.8. The molecule has 0 fully saturated rings. The van der Waals surface area contributed by atoms with E-state index in [1.165, 1.54) is 46.3 Å². The number of methoxy groups -OCH3 is 2. The number of carbonyl (C=O) groups is 3. The molecule has 1 rings (SSSR count).